The van der Waals surface area contributed by atoms with Crippen molar-refractivity contribution in [1.82, 2.24) is 14.8 Å². The van der Waals surface area contributed by atoms with Crippen LogP contribution in [0, 0.1) is 0 Å². The van der Waals surface area contributed by atoms with Gasteiger partial charge in [0.15, 0.2) is 22.5 Å². The number of hydrogen-bond donors (Lipinski definition) is 1. The predicted octanol–water partition coefficient (Wildman–Crippen LogP) is 3.86. The molecule has 116 valence electrons. The van der Waals surface area contributed by atoms with E-state index in [-0.39, 0.29) is 6.79 Å². The third kappa shape index (κ3) is 2.45. The molecule has 0 atom stereocenters. The van der Waals surface area contributed by atoms with Crippen molar-refractivity contribution in [3.63, 3.8) is 0 Å². The molecule has 0 unspecified atom stereocenters. The number of fused-ring (bicyclic) bond motifs is 1. The van der Waals surface area contributed by atoms with Crippen LogP contribution < -0.4 is 9.47 Å². The molecule has 1 aromatic carbocycles. The largest absolute Gasteiger partial charge is 0.454 e. The highest BCUT2D eigenvalue weighted by atomic mass is 32.1. The summed E-state index contributed by atoms with van der Waals surface area (Å²) in [6, 6.07) is 6.36. The number of ether oxygens (including phenoxy) is 2. The Morgan fingerprint density at radius 1 is 1.00 bits per heavy atom. The summed E-state index contributed by atoms with van der Waals surface area (Å²) in [4.78, 5) is 0. The molecule has 1 saturated carbocycles. The van der Waals surface area contributed by atoms with Crippen LogP contribution >= 0.6 is 12.6 Å². The van der Waals surface area contributed by atoms with Crippen LogP contribution in [0.2, 0.25) is 0 Å². The standard InChI is InChI=1S/C16H19N3O2S/c22-16-18-17-15(19(16)12-5-3-1-2-4-6-12)11-7-8-13-14(9-11)21-10-20-13/h7-9,12H,1-6,10H2,(H,18,22). The number of benzene rings is 1. The highest BCUT2D eigenvalue weighted by Crippen LogP contribution is 2.38. The normalized spacial score (nSPS) is 18.4. The maximum atomic E-state index is 5.47. The second-order valence-electron chi connectivity index (χ2n) is 5.91. The molecular weight excluding hydrogens is 298 g/mol. The second kappa shape index (κ2) is 5.83. The zero-order chi connectivity index (χ0) is 14.9. The van der Waals surface area contributed by atoms with Gasteiger partial charge < -0.3 is 9.47 Å². The molecular formula is C16H19N3O2S. The summed E-state index contributed by atoms with van der Waals surface area (Å²) >= 11 is 4.53. The van der Waals surface area contributed by atoms with Crippen LogP contribution in [0.25, 0.3) is 11.4 Å². The Morgan fingerprint density at radius 2 is 1.77 bits per heavy atom. The first-order valence-electron chi connectivity index (χ1n) is 7.87. The van der Waals surface area contributed by atoms with Gasteiger partial charge in [0, 0.05) is 11.6 Å². The number of rotatable bonds is 2. The fraction of sp³-hybridized carbons (Fsp3) is 0.500. The summed E-state index contributed by atoms with van der Waals surface area (Å²) in [6.45, 7) is 0.284. The number of hydrogen-bond acceptors (Lipinski definition) is 5. The topological polar surface area (TPSA) is 49.2 Å². The van der Waals surface area contributed by atoms with E-state index in [0.29, 0.717) is 11.2 Å². The molecule has 1 aliphatic carbocycles. The molecule has 1 fully saturated rings. The molecule has 1 aliphatic heterocycles. The van der Waals surface area contributed by atoms with Crippen LogP contribution in [-0.4, -0.2) is 21.6 Å². The summed E-state index contributed by atoms with van der Waals surface area (Å²) in [5.41, 5.74) is 1.00. The SMILES string of the molecule is Sc1nnc(-c2ccc3c(c2)OCO3)n1C1CCCCCC1. The summed E-state index contributed by atoms with van der Waals surface area (Å²) in [6.07, 6.45) is 7.50. The van der Waals surface area contributed by atoms with E-state index in [1.165, 1.54) is 38.5 Å². The van der Waals surface area contributed by atoms with Crippen LogP contribution in [0.15, 0.2) is 23.4 Å². The Balaban J connectivity index is 1.73. The Bertz CT molecular complexity index is 678. The average Bonchev–Trinajstić information content (AvgIpc) is 3.05. The van der Waals surface area contributed by atoms with Gasteiger partial charge in [-0.1, -0.05) is 25.7 Å². The maximum Gasteiger partial charge on any atom is 0.231 e. The molecule has 4 rings (SSSR count). The maximum absolute atomic E-state index is 5.47. The second-order valence-corrected chi connectivity index (χ2v) is 6.31. The molecule has 0 saturated heterocycles. The van der Waals surface area contributed by atoms with Crippen molar-refractivity contribution >= 4 is 12.6 Å². The molecule has 5 nitrogen and oxygen atoms in total. The van der Waals surface area contributed by atoms with Gasteiger partial charge in [0.25, 0.3) is 0 Å². The van der Waals surface area contributed by atoms with E-state index in [1.54, 1.807) is 0 Å². The van der Waals surface area contributed by atoms with Crippen LogP contribution in [0.1, 0.15) is 44.6 Å². The summed E-state index contributed by atoms with van der Waals surface area (Å²) in [7, 11) is 0. The lowest BCUT2D eigenvalue weighted by molar-refractivity contribution is 0.174. The fourth-order valence-electron chi connectivity index (χ4n) is 3.37. The first kappa shape index (κ1) is 13.9. The van der Waals surface area contributed by atoms with E-state index in [0.717, 1.165) is 22.9 Å². The monoisotopic (exact) mass is 317 g/mol. The van der Waals surface area contributed by atoms with Crippen LogP contribution in [0.3, 0.4) is 0 Å². The highest BCUT2D eigenvalue weighted by molar-refractivity contribution is 7.80. The number of thiol groups is 1. The third-order valence-corrected chi connectivity index (χ3v) is 4.80. The molecule has 22 heavy (non-hydrogen) atoms. The van der Waals surface area contributed by atoms with E-state index < -0.39 is 0 Å². The van der Waals surface area contributed by atoms with Crippen molar-refractivity contribution < 1.29 is 9.47 Å². The molecule has 2 aromatic rings. The predicted molar refractivity (Wildman–Crippen MR) is 85.6 cm³/mol. The molecule has 0 radical (unpaired) electrons. The minimum atomic E-state index is 0.284. The Labute approximate surface area is 135 Å². The molecule has 2 aliphatic rings. The summed E-state index contributed by atoms with van der Waals surface area (Å²) < 4.78 is 13.0. The van der Waals surface area contributed by atoms with E-state index in [1.807, 2.05) is 18.2 Å². The van der Waals surface area contributed by atoms with Crippen molar-refractivity contribution in [2.45, 2.75) is 49.7 Å². The quantitative estimate of drug-likeness (QED) is 0.675. The van der Waals surface area contributed by atoms with Gasteiger partial charge in [-0.3, -0.25) is 4.57 Å². The van der Waals surface area contributed by atoms with Crippen molar-refractivity contribution in [2.24, 2.45) is 0 Å². The van der Waals surface area contributed by atoms with Gasteiger partial charge in [-0.15, -0.1) is 22.8 Å². The zero-order valence-corrected chi connectivity index (χ0v) is 13.3. The smallest absolute Gasteiger partial charge is 0.231 e. The van der Waals surface area contributed by atoms with E-state index in [9.17, 15) is 0 Å². The Hall–Kier alpha value is -1.69. The summed E-state index contributed by atoms with van der Waals surface area (Å²) in [5, 5.41) is 9.25. The minimum Gasteiger partial charge on any atom is -0.454 e. The van der Waals surface area contributed by atoms with Crippen LogP contribution in [-0.2, 0) is 0 Å². The van der Waals surface area contributed by atoms with Crippen molar-refractivity contribution in [1.29, 1.82) is 0 Å². The number of aromatic nitrogens is 3. The Morgan fingerprint density at radius 3 is 2.59 bits per heavy atom. The minimum absolute atomic E-state index is 0.284. The lowest BCUT2D eigenvalue weighted by atomic mass is 10.1. The molecule has 1 aromatic heterocycles. The molecule has 0 N–H and O–H groups in total. The van der Waals surface area contributed by atoms with Crippen LogP contribution in [0.4, 0.5) is 0 Å². The average molecular weight is 317 g/mol. The van der Waals surface area contributed by atoms with Crippen molar-refractivity contribution in [3.8, 4) is 22.9 Å². The molecule has 0 bridgehead atoms. The lowest BCUT2D eigenvalue weighted by Crippen LogP contribution is -2.10. The van der Waals surface area contributed by atoms with Gasteiger partial charge in [-0.05, 0) is 31.0 Å². The molecule has 0 spiro atoms. The van der Waals surface area contributed by atoms with Gasteiger partial charge in [0.1, 0.15) is 0 Å². The molecule has 2 heterocycles. The van der Waals surface area contributed by atoms with Gasteiger partial charge in [0.05, 0.1) is 0 Å². The van der Waals surface area contributed by atoms with Gasteiger partial charge in [-0.25, -0.2) is 0 Å². The molecule has 6 heteroatoms. The first-order valence-corrected chi connectivity index (χ1v) is 8.31. The Kier molecular flexibility index (Phi) is 3.70. The van der Waals surface area contributed by atoms with Crippen molar-refractivity contribution in [2.75, 3.05) is 6.79 Å². The van der Waals surface area contributed by atoms with Gasteiger partial charge >= 0.3 is 0 Å². The van der Waals surface area contributed by atoms with Crippen molar-refractivity contribution in [3.05, 3.63) is 18.2 Å². The summed E-state index contributed by atoms with van der Waals surface area (Å²) in [5.74, 6) is 2.43. The van der Waals surface area contributed by atoms with E-state index >= 15 is 0 Å². The van der Waals surface area contributed by atoms with Gasteiger partial charge in [0.2, 0.25) is 6.79 Å². The van der Waals surface area contributed by atoms with Gasteiger partial charge in [-0.2, -0.15) is 0 Å². The third-order valence-electron chi connectivity index (χ3n) is 4.50. The fourth-order valence-corrected chi connectivity index (χ4v) is 3.67. The lowest BCUT2D eigenvalue weighted by Gasteiger charge is -2.19. The molecule has 0 amide bonds. The van der Waals surface area contributed by atoms with E-state index in [2.05, 4.69) is 27.4 Å². The van der Waals surface area contributed by atoms with Crippen LogP contribution in [0.5, 0.6) is 11.5 Å². The highest BCUT2D eigenvalue weighted by Gasteiger charge is 2.23. The zero-order valence-electron chi connectivity index (χ0n) is 12.4. The van der Waals surface area contributed by atoms with E-state index in [4.69, 9.17) is 9.47 Å². The number of nitrogens with zero attached hydrogens (tertiary/aromatic N) is 3. The first-order chi connectivity index (χ1) is 10.8.